The largest absolute Gasteiger partial charge is 0.481 e. The predicted molar refractivity (Wildman–Crippen MR) is 76.3 cm³/mol. The lowest BCUT2D eigenvalue weighted by molar-refractivity contribution is -0.146. The van der Waals surface area contributed by atoms with Crippen molar-refractivity contribution in [1.82, 2.24) is 0 Å². The first-order chi connectivity index (χ1) is 8.88. The van der Waals surface area contributed by atoms with Crippen LogP contribution >= 0.6 is 0 Å². The van der Waals surface area contributed by atoms with Gasteiger partial charge in [-0.25, -0.2) is 0 Å². The van der Waals surface area contributed by atoms with E-state index in [-0.39, 0.29) is 0 Å². The number of aryl methyl sites for hydroxylation is 3. The Morgan fingerprint density at radius 3 is 2.16 bits per heavy atom. The quantitative estimate of drug-likeness (QED) is 0.826. The molecule has 3 nitrogen and oxygen atoms in total. The summed E-state index contributed by atoms with van der Waals surface area (Å²) in [6.07, 6.45) is 1.34. The standard InChI is InChI=1S/C16H24O3/c1-5-6-7-13(16(18)19)15(17)14-11(3)8-10(2)9-12(14)4/h8-9,13,15,17H,5-7H2,1-4H3,(H,18,19). The van der Waals surface area contributed by atoms with Crippen LogP contribution in [0.3, 0.4) is 0 Å². The zero-order chi connectivity index (χ0) is 14.6. The number of unbranched alkanes of at least 4 members (excludes halogenated alkanes) is 1. The summed E-state index contributed by atoms with van der Waals surface area (Å²) in [5.74, 6) is -1.64. The van der Waals surface area contributed by atoms with Crippen LogP contribution in [0.25, 0.3) is 0 Å². The van der Waals surface area contributed by atoms with E-state index in [0.29, 0.717) is 6.42 Å². The third kappa shape index (κ3) is 3.80. The van der Waals surface area contributed by atoms with Gasteiger partial charge in [-0.15, -0.1) is 0 Å². The van der Waals surface area contributed by atoms with Crippen LogP contribution in [0.1, 0.15) is 54.5 Å². The number of carboxylic acids is 1. The fourth-order valence-corrected chi connectivity index (χ4v) is 2.70. The van der Waals surface area contributed by atoms with Crippen LogP contribution in [0.15, 0.2) is 12.1 Å². The number of hydrogen-bond acceptors (Lipinski definition) is 2. The predicted octanol–water partition coefficient (Wildman–Crippen LogP) is 3.54. The van der Waals surface area contributed by atoms with E-state index in [2.05, 4.69) is 0 Å². The summed E-state index contributed by atoms with van der Waals surface area (Å²) in [4.78, 5) is 11.3. The van der Waals surface area contributed by atoms with Crippen LogP contribution in [-0.2, 0) is 4.79 Å². The minimum Gasteiger partial charge on any atom is -0.481 e. The molecule has 0 radical (unpaired) electrons. The molecule has 1 rings (SSSR count). The van der Waals surface area contributed by atoms with Crippen LogP contribution in [0.2, 0.25) is 0 Å². The molecule has 0 heterocycles. The summed E-state index contributed by atoms with van der Waals surface area (Å²) >= 11 is 0. The second kappa shape index (κ2) is 6.71. The zero-order valence-electron chi connectivity index (χ0n) is 12.2. The van der Waals surface area contributed by atoms with Gasteiger partial charge in [-0.3, -0.25) is 4.79 Å². The number of aliphatic hydroxyl groups is 1. The smallest absolute Gasteiger partial charge is 0.309 e. The van der Waals surface area contributed by atoms with E-state index in [4.69, 9.17) is 0 Å². The van der Waals surface area contributed by atoms with Gasteiger partial charge in [-0.05, 0) is 43.9 Å². The summed E-state index contributed by atoms with van der Waals surface area (Å²) in [6.45, 7) is 7.88. The number of carboxylic acid groups (broad SMARTS) is 1. The Kier molecular flexibility index (Phi) is 5.55. The first-order valence-electron chi connectivity index (χ1n) is 6.87. The summed E-state index contributed by atoms with van der Waals surface area (Å²) in [7, 11) is 0. The molecule has 0 saturated heterocycles. The van der Waals surface area contributed by atoms with Crippen LogP contribution < -0.4 is 0 Å². The van der Waals surface area contributed by atoms with Gasteiger partial charge in [0.05, 0.1) is 12.0 Å². The molecule has 19 heavy (non-hydrogen) atoms. The van der Waals surface area contributed by atoms with E-state index in [9.17, 15) is 15.0 Å². The van der Waals surface area contributed by atoms with Crippen molar-refractivity contribution in [1.29, 1.82) is 0 Å². The molecule has 0 fully saturated rings. The minimum absolute atomic E-state index is 0.514. The molecule has 3 heteroatoms. The Balaban J connectivity index is 3.09. The molecule has 1 aromatic carbocycles. The first kappa shape index (κ1) is 15.7. The van der Waals surface area contributed by atoms with E-state index >= 15 is 0 Å². The first-order valence-corrected chi connectivity index (χ1v) is 6.87. The molecule has 106 valence electrons. The van der Waals surface area contributed by atoms with Crippen molar-refractivity contribution >= 4 is 5.97 Å². The average Bonchev–Trinajstić information content (AvgIpc) is 2.27. The second-order valence-corrected chi connectivity index (χ2v) is 5.34. The highest BCUT2D eigenvalue weighted by molar-refractivity contribution is 5.71. The number of rotatable bonds is 6. The minimum atomic E-state index is -0.926. The van der Waals surface area contributed by atoms with Gasteiger partial charge in [0.1, 0.15) is 0 Å². The zero-order valence-corrected chi connectivity index (χ0v) is 12.2. The van der Waals surface area contributed by atoms with Gasteiger partial charge >= 0.3 is 5.97 Å². The van der Waals surface area contributed by atoms with Crippen LogP contribution in [0.4, 0.5) is 0 Å². The molecule has 0 saturated carbocycles. The molecule has 0 aliphatic heterocycles. The highest BCUT2D eigenvalue weighted by Gasteiger charge is 2.29. The van der Waals surface area contributed by atoms with Gasteiger partial charge in [-0.1, -0.05) is 37.5 Å². The molecule has 2 unspecified atom stereocenters. The van der Waals surface area contributed by atoms with Crippen molar-refractivity contribution in [2.75, 3.05) is 0 Å². The molecule has 1 aromatic rings. The van der Waals surface area contributed by atoms with E-state index in [1.807, 2.05) is 39.8 Å². The lowest BCUT2D eigenvalue weighted by Gasteiger charge is -2.23. The Hall–Kier alpha value is -1.35. The molecule has 2 atom stereocenters. The molecule has 0 spiro atoms. The van der Waals surface area contributed by atoms with Gasteiger partial charge in [0.25, 0.3) is 0 Å². The highest BCUT2D eigenvalue weighted by atomic mass is 16.4. The number of carbonyl (C=O) groups is 1. The third-order valence-electron chi connectivity index (χ3n) is 3.60. The molecule has 0 aliphatic rings. The van der Waals surface area contributed by atoms with Crippen molar-refractivity contribution in [3.63, 3.8) is 0 Å². The number of hydrogen-bond donors (Lipinski definition) is 2. The molecule has 0 aliphatic carbocycles. The van der Waals surface area contributed by atoms with Gasteiger partial charge in [0.15, 0.2) is 0 Å². The molecular formula is C16H24O3. The summed E-state index contributed by atoms with van der Waals surface area (Å²) in [5, 5.41) is 19.8. The Morgan fingerprint density at radius 2 is 1.74 bits per heavy atom. The van der Waals surface area contributed by atoms with E-state index in [0.717, 1.165) is 35.1 Å². The van der Waals surface area contributed by atoms with Crippen LogP contribution in [0, 0.1) is 26.7 Å². The average molecular weight is 264 g/mol. The second-order valence-electron chi connectivity index (χ2n) is 5.34. The number of benzene rings is 1. The van der Waals surface area contributed by atoms with Gasteiger partial charge in [0.2, 0.25) is 0 Å². The Bertz CT molecular complexity index is 428. The monoisotopic (exact) mass is 264 g/mol. The normalized spacial score (nSPS) is 14.2. The SMILES string of the molecule is CCCCC(C(=O)O)C(O)c1c(C)cc(C)cc1C. The summed E-state index contributed by atoms with van der Waals surface area (Å²) in [5.41, 5.74) is 3.83. The highest BCUT2D eigenvalue weighted by Crippen LogP contribution is 2.31. The maximum absolute atomic E-state index is 11.3. The van der Waals surface area contributed by atoms with Crippen LogP contribution in [0.5, 0.6) is 0 Å². The van der Waals surface area contributed by atoms with E-state index < -0.39 is 18.0 Å². The van der Waals surface area contributed by atoms with Crippen molar-refractivity contribution in [3.8, 4) is 0 Å². The Labute approximate surface area is 115 Å². The lowest BCUT2D eigenvalue weighted by atomic mass is 9.86. The molecular weight excluding hydrogens is 240 g/mol. The number of aliphatic carboxylic acids is 1. The van der Waals surface area contributed by atoms with E-state index in [1.165, 1.54) is 0 Å². The van der Waals surface area contributed by atoms with Crippen molar-refractivity contribution in [2.24, 2.45) is 5.92 Å². The maximum atomic E-state index is 11.3. The van der Waals surface area contributed by atoms with Crippen LogP contribution in [-0.4, -0.2) is 16.2 Å². The molecule has 0 bridgehead atoms. The Morgan fingerprint density at radius 1 is 1.21 bits per heavy atom. The molecule has 0 amide bonds. The molecule has 2 N–H and O–H groups in total. The summed E-state index contributed by atoms with van der Waals surface area (Å²) in [6, 6.07) is 3.98. The fraction of sp³-hybridized carbons (Fsp3) is 0.562. The van der Waals surface area contributed by atoms with Gasteiger partial charge < -0.3 is 10.2 Å². The third-order valence-corrected chi connectivity index (χ3v) is 3.60. The molecule has 0 aromatic heterocycles. The van der Waals surface area contributed by atoms with Crippen molar-refractivity contribution in [2.45, 2.75) is 53.1 Å². The van der Waals surface area contributed by atoms with Gasteiger partial charge in [0, 0.05) is 0 Å². The van der Waals surface area contributed by atoms with Gasteiger partial charge in [-0.2, -0.15) is 0 Å². The topological polar surface area (TPSA) is 57.5 Å². The van der Waals surface area contributed by atoms with Crippen molar-refractivity contribution in [3.05, 3.63) is 34.4 Å². The maximum Gasteiger partial charge on any atom is 0.309 e. The van der Waals surface area contributed by atoms with E-state index in [1.54, 1.807) is 0 Å². The van der Waals surface area contributed by atoms with Crippen molar-refractivity contribution < 1.29 is 15.0 Å². The summed E-state index contributed by atoms with van der Waals surface area (Å²) < 4.78 is 0. The fourth-order valence-electron chi connectivity index (χ4n) is 2.70. The lowest BCUT2D eigenvalue weighted by Crippen LogP contribution is -2.23. The number of aliphatic hydroxyl groups excluding tert-OH is 1.